The summed E-state index contributed by atoms with van der Waals surface area (Å²) < 4.78 is 11.3. The molecule has 9 heteroatoms. The van der Waals surface area contributed by atoms with E-state index in [1.165, 1.54) is 5.57 Å². The maximum atomic E-state index is 14.3. The Morgan fingerprint density at radius 3 is 2.34 bits per heavy atom. The first-order valence-corrected chi connectivity index (χ1v) is 16.7. The van der Waals surface area contributed by atoms with E-state index < -0.39 is 54.8 Å². The van der Waals surface area contributed by atoms with Crippen LogP contribution in [0.5, 0.6) is 0 Å². The average molecular weight is 619 g/mol. The molecule has 44 heavy (non-hydrogen) atoms. The summed E-state index contributed by atoms with van der Waals surface area (Å²) in [5.74, 6) is -0.281. The Hall–Kier alpha value is -1.33. The number of aliphatic hydroxyl groups is 6. The van der Waals surface area contributed by atoms with Crippen molar-refractivity contribution in [1.29, 1.82) is 0 Å². The smallest absolute Gasteiger partial charge is 0.317 e. The van der Waals surface area contributed by atoms with Gasteiger partial charge in [-0.25, -0.2) is 0 Å². The Kier molecular flexibility index (Phi) is 7.85. The Morgan fingerprint density at radius 1 is 0.955 bits per heavy atom. The van der Waals surface area contributed by atoms with Crippen LogP contribution in [0.25, 0.3) is 0 Å². The first-order chi connectivity index (χ1) is 20.5. The molecule has 0 bridgehead atoms. The van der Waals surface area contributed by atoms with Crippen molar-refractivity contribution in [2.75, 3.05) is 6.61 Å². The van der Waals surface area contributed by atoms with Crippen LogP contribution in [0.2, 0.25) is 0 Å². The second-order valence-electron chi connectivity index (χ2n) is 16.5. The van der Waals surface area contributed by atoms with Crippen molar-refractivity contribution in [3.63, 3.8) is 0 Å². The molecule has 0 aromatic rings. The standard InChI is InChI=1S/C35H54O9/c1-18-9-14-35(30(42)44-29-28(41)27(40)26(39)21(17-36)43-29)20(15-18)19-7-8-23-32(4)12-11-24(37)31(2,3)22(32)10-13-33(23,5)34(19,6)16-25(35)38/h7,20-29,36-41H,1,8-17H2,2-6H3/t20-,21-,22+,23-,24+,25+,26-,27+,28-,29+,32+,33-,34-,35-/m1/s1. The highest BCUT2D eigenvalue weighted by Gasteiger charge is 2.71. The second kappa shape index (κ2) is 10.6. The summed E-state index contributed by atoms with van der Waals surface area (Å²) in [5, 5.41) is 64.0. The lowest BCUT2D eigenvalue weighted by Gasteiger charge is -2.71. The zero-order chi connectivity index (χ0) is 32.2. The number of esters is 1. The van der Waals surface area contributed by atoms with E-state index in [4.69, 9.17) is 9.47 Å². The van der Waals surface area contributed by atoms with Gasteiger partial charge in [0, 0.05) is 5.92 Å². The van der Waals surface area contributed by atoms with Gasteiger partial charge >= 0.3 is 5.97 Å². The number of hydrogen-bond acceptors (Lipinski definition) is 9. The molecule has 1 heterocycles. The number of carbonyl (C=O) groups is 1. The normalized spacial score (nSPS) is 53.3. The van der Waals surface area contributed by atoms with Gasteiger partial charge in [0.2, 0.25) is 6.29 Å². The fourth-order valence-electron chi connectivity index (χ4n) is 11.7. The minimum atomic E-state index is -1.71. The zero-order valence-electron chi connectivity index (χ0n) is 27.0. The number of allylic oxidation sites excluding steroid dienone is 3. The third-order valence-corrected chi connectivity index (χ3v) is 14.5. The molecule has 0 aromatic heterocycles. The van der Waals surface area contributed by atoms with Gasteiger partial charge in [-0.1, -0.05) is 58.4 Å². The van der Waals surface area contributed by atoms with Crippen LogP contribution in [0.4, 0.5) is 0 Å². The molecule has 1 saturated heterocycles. The first-order valence-electron chi connectivity index (χ1n) is 16.7. The molecule has 0 radical (unpaired) electrons. The van der Waals surface area contributed by atoms with E-state index in [1.54, 1.807) is 0 Å². The van der Waals surface area contributed by atoms with Gasteiger partial charge in [-0.15, -0.1) is 0 Å². The van der Waals surface area contributed by atoms with E-state index in [0.717, 1.165) is 37.7 Å². The fraction of sp³-hybridized carbons (Fsp3) is 0.857. The second-order valence-corrected chi connectivity index (χ2v) is 16.5. The van der Waals surface area contributed by atoms with Crippen molar-refractivity contribution in [2.45, 2.75) is 135 Å². The molecule has 0 spiro atoms. The number of hydrogen-bond donors (Lipinski definition) is 6. The lowest BCUT2D eigenvalue weighted by Crippen LogP contribution is -2.67. The quantitative estimate of drug-likeness (QED) is 0.207. The van der Waals surface area contributed by atoms with Gasteiger partial charge in [-0.2, -0.15) is 0 Å². The lowest BCUT2D eigenvalue weighted by molar-refractivity contribution is -0.299. The van der Waals surface area contributed by atoms with Gasteiger partial charge in [0.05, 0.1) is 18.8 Å². The van der Waals surface area contributed by atoms with E-state index >= 15 is 0 Å². The topological polar surface area (TPSA) is 157 Å². The summed E-state index contributed by atoms with van der Waals surface area (Å²) in [4.78, 5) is 14.3. The predicted molar refractivity (Wildman–Crippen MR) is 162 cm³/mol. The van der Waals surface area contributed by atoms with Crippen LogP contribution < -0.4 is 0 Å². The number of carbonyl (C=O) groups excluding carboxylic acids is 1. The number of rotatable bonds is 3. The SMILES string of the molecule is C=C1CC[C@@]2(C(=O)O[C@@H]3O[C@H](CO)[C@@H](O)[C@H](O)[C@H]3O)[C@H](C1)C1=CC[C@@H]3[C@@]4(C)CC[C@H](O)C(C)(C)[C@@H]4CC[C@@]3(C)[C@]1(C)C[C@@H]2O. The van der Waals surface area contributed by atoms with Gasteiger partial charge in [0.15, 0.2) is 0 Å². The Bertz CT molecular complexity index is 1210. The summed E-state index contributed by atoms with van der Waals surface area (Å²) in [5.41, 5.74) is 0.285. The summed E-state index contributed by atoms with van der Waals surface area (Å²) >= 11 is 0. The monoisotopic (exact) mass is 618 g/mol. The predicted octanol–water partition coefficient (Wildman–Crippen LogP) is 2.99. The van der Waals surface area contributed by atoms with Gasteiger partial charge in [-0.3, -0.25) is 4.79 Å². The van der Waals surface area contributed by atoms with Crippen LogP contribution in [0.3, 0.4) is 0 Å². The highest BCUT2D eigenvalue weighted by Crippen LogP contribution is 2.75. The lowest BCUT2D eigenvalue weighted by atomic mass is 9.33. The largest absolute Gasteiger partial charge is 0.432 e. The van der Waals surface area contributed by atoms with Gasteiger partial charge < -0.3 is 40.1 Å². The molecule has 1 aliphatic heterocycles. The number of aliphatic hydroxyl groups excluding tert-OH is 6. The summed E-state index contributed by atoms with van der Waals surface area (Å²) in [6, 6.07) is 0. The van der Waals surface area contributed by atoms with E-state index in [9.17, 15) is 35.4 Å². The minimum Gasteiger partial charge on any atom is -0.432 e. The molecule has 6 N–H and O–H groups in total. The molecule has 0 unspecified atom stereocenters. The van der Waals surface area contributed by atoms with Gasteiger partial charge in [0.25, 0.3) is 0 Å². The van der Waals surface area contributed by atoms with Crippen LogP contribution in [-0.4, -0.2) is 86.1 Å². The number of fused-ring (bicyclic) bond motifs is 7. The molecule has 6 aliphatic rings. The average Bonchev–Trinajstić information content (AvgIpc) is 2.96. The molecule has 6 rings (SSSR count). The fourth-order valence-corrected chi connectivity index (χ4v) is 11.7. The molecule has 0 amide bonds. The Labute approximate surface area is 261 Å². The van der Waals surface area contributed by atoms with Crippen molar-refractivity contribution < 1.29 is 44.9 Å². The summed E-state index contributed by atoms with van der Waals surface area (Å²) in [7, 11) is 0. The van der Waals surface area contributed by atoms with Crippen LogP contribution in [0.1, 0.15) is 92.4 Å². The summed E-state index contributed by atoms with van der Waals surface area (Å²) in [6.45, 7) is 15.2. The molecule has 9 nitrogen and oxygen atoms in total. The van der Waals surface area contributed by atoms with Crippen molar-refractivity contribution in [1.82, 2.24) is 0 Å². The van der Waals surface area contributed by atoms with Crippen molar-refractivity contribution in [3.05, 3.63) is 23.8 Å². The highest BCUT2D eigenvalue weighted by molar-refractivity contribution is 5.80. The van der Waals surface area contributed by atoms with Gasteiger partial charge in [0.1, 0.15) is 29.8 Å². The maximum absolute atomic E-state index is 14.3. The minimum absolute atomic E-state index is 0.0401. The van der Waals surface area contributed by atoms with Crippen molar-refractivity contribution in [3.8, 4) is 0 Å². The van der Waals surface area contributed by atoms with Crippen LogP contribution in [0, 0.1) is 44.8 Å². The molecule has 4 saturated carbocycles. The molecule has 14 atom stereocenters. The third kappa shape index (κ3) is 4.18. The van der Waals surface area contributed by atoms with E-state index in [1.807, 2.05) is 0 Å². The van der Waals surface area contributed by atoms with E-state index in [0.29, 0.717) is 37.5 Å². The Balaban J connectivity index is 1.37. The Morgan fingerprint density at radius 2 is 1.66 bits per heavy atom. The molecular weight excluding hydrogens is 564 g/mol. The van der Waals surface area contributed by atoms with E-state index in [-0.39, 0.29) is 33.7 Å². The zero-order valence-corrected chi connectivity index (χ0v) is 27.0. The van der Waals surface area contributed by atoms with Crippen LogP contribution in [0.15, 0.2) is 23.8 Å². The molecule has 5 aliphatic carbocycles. The maximum Gasteiger partial charge on any atom is 0.317 e. The molecule has 5 fully saturated rings. The molecular formula is C35H54O9. The van der Waals surface area contributed by atoms with Crippen LogP contribution in [-0.2, 0) is 14.3 Å². The number of ether oxygens (including phenoxy) is 2. The first kappa shape index (κ1) is 32.6. The summed E-state index contributed by atoms with van der Waals surface area (Å²) in [6.07, 6.45) is -0.271. The highest BCUT2D eigenvalue weighted by atomic mass is 16.7. The molecule has 248 valence electrons. The van der Waals surface area contributed by atoms with Gasteiger partial charge in [-0.05, 0) is 91.3 Å². The third-order valence-electron chi connectivity index (χ3n) is 14.5. The van der Waals surface area contributed by atoms with E-state index in [2.05, 4.69) is 47.3 Å². The van der Waals surface area contributed by atoms with Crippen LogP contribution >= 0.6 is 0 Å². The van der Waals surface area contributed by atoms with Crippen molar-refractivity contribution >= 4 is 5.97 Å². The molecule has 0 aromatic carbocycles. The van der Waals surface area contributed by atoms with Crippen molar-refractivity contribution in [2.24, 2.45) is 44.8 Å².